The fourth-order valence-electron chi connectivity index (χ4n) is 4.95. The molecule has 31 heavy (non-hydrogen) atoms. The quantitative estimate of drug-likeness (QED) is 0.738. The van der Waals surface area contributed by atoms with Crippen molar-refractivity contribution in [2.75, 3.05) is 19.6 Å². The topological polar surface area (TPSA) is 66.4 Å². The van der Waals surface area contributed by atoms with Crippen molar-refractivity contribution in [1.82, 2.24) is 19.8 Å². The van der Waals surface area contributed by atoms with E-state index in [4.69, 9.17) is 0 Å². The zero-order chi connectivity index (χ0) is 22.0. The first-order valence-corrected chi connectivity index (χ1v) is 11.0. The zero-order valence-electron chi connectivity index (χ0n) is 18.1. The van der Waals surface area contributed by atoms with Gasteiger partial charge in [0.1, 0.15) is 11.5 Å². The highest BCUT2D eigenvalue weighted by molar-refractivity contribution is 5.92. The van der Waals surface area contributed by atoms with Crippen LogP contribution >= 0.6 is 0 Å². The summed E-state index contributed by atoms with van der Waals surface area (Å²) >= 11 is 0. The van der Waals surface area contributed by atoms with Crippen LogP contribution in [0, 0.1) is 17.2 Å². The molecule has 4 rings (SSSR count). The normalized spacial score (nSPS) is 20.6. The van der Waals surface area contributed by atoms with Gasteiger partial charge in [-0.05, 0) is 49.3 Å². The lowest BCUT2D eigenvalue weighted by Gasteiger charge is -2.37. The number of aromatic nitrogens is 2. The molecule has 2 fully saturated rings. The molecule has 1 spiro atoms. The van der Waals surface area contributed by atoms with E-state index >= 15 is 0 Å². The van der Waals surface area contributed by atoms with Gasteiger partial charge in [-0.25, -0.2) is 9.37 Å². The third kappa shape index (κ3) is 4.45. The number of hydrogen-bond donors (Lipinski definition) is 0. The van der Waals surface area contributed by atoms with Crippen molar-refractivity contribution in [2.24, 2.45) is 11.3 Å². The van der Waals surface area contributed by atoms with E-state index in [1.54, 1.807) is 23.2 Å². The Kier molecular flexibility index (Phi) is 6.03. The Bertz CT molecular complexity index is 924. The van der Waals surface area contributed by atoms with Crippen LogP contribution < -0.4 is 0 Å². The van der Waals surface area contributed by atoms with Crippen molar-refractivity contribution < 1.29 is 14.0 Å². The summed E-state index contributed by atoms with van der Waals surface area (Å²) in [5.41, 5.74) is 0.964. The van der Waals surface area contributed by atoms with Crippen LogP contribution in [0.1, 0.15) is 49.2 Å². The summed E-state index contributed by atoms with van der Waals surface area (Å²) in [6.07, 6.45) is 7.37. The van der Waals surface area contributed by atoms with Gasteiger partial charge in [-0.1, -0.05) is 26.0 Å². The highest BCUT2D eigenvalue weighted by atomic mass is 19.1. The SMILES string of the molecule is CC(C)CN1C(=O)C2(CCN(C(=O)c3cnccn3)CC2)C[C@H]1Cc1ccc(F)cc1. The van der Waals surface area contributed by atoms with E-state index in [0.717, 1.165) is 18.4 Å². The number of rotatable bonds is 5. The van der Waals surface area contributed by atoms with Crippen molar-refractivity contribution in [3.05, 3.63) is 59.9 Å². The molecule has 0 N–H and O–H groups in total. The number of likely N-dealkylation sites (tertiary alicyclic amines) is 2. The van der Waals surface area contributed by atoms with Gasteiger partial charge in [-0.3, -0.25) is 14.6 Å². The first-order valence-electron chi connectivity index (χ1n) is 11.0. The third-order valence-corrected chi connectivity index (χ3v) is 6.52. The molecule has 6 nitrogen and oxygen atoms in total. The minimum atomic E-state index is -0.418. The van der Waals surface area contributed by atoms with Gasteiger partial charge in [0.05, 0.1) is 11.6 Å². The van der Waals surface area contributed by atoms with Crippen molar-refractivity contribution >= 4 is 11.8 Å². The number of nitrogens with zero attached hydrogens (tertiary/aromatic N) is 4. The zero-order valence-corrected chi connectivity index (χ0v) is 18.1. The Hall–Kier alpha value is -2.83. The van der Waals surface area contributed by atoms with Gasteiger partial charge in [0.25, 0.3) is 5.91 Å². The number of carbonyl (C=O) groups excluding carboxylic acids is 2. The molecule has 1 aromatic heterocycles. The minimum absolute atomic E-state index is 0.0996. The fourth-order valence-corrected chi connectivity index (χ4v) is 4.95. The predicted octanol–water partition coefficient (Wildman–Crippen LogP) is 3.34. The largest absolute Gasteiger partial charge is 0.339 e. The highest BCUT2D eigenvalue weighted by Crippen LogP contribution is 2.45. The number of hydrogen-bond acceptors (Lipinski definition) is 4. The van der Waals surface area contributed by atoms with E-state index in [1.165, 1.54) is 24.5 Å². The summed E-state index contributed by atoms with van der Waals surface area (Å²) in [5, 5.41) is 0. The molecule has 164 valence electrons. The molecule has 2 aliphatic heterocycles. The average Bonchev–Trinajstić information content (AvgIpc) is 3.01. The van der Waals surface area contributed by atoms with Gasteiger partial charge in [0.2, 0.25) is 5.91 Å². The molecule has 2 saturated heterocycles. The molecule has 7 heteroatoms. The Morgan fingerprint density at radius 2 is 1.90 bits per heavy atom. The van der Waals surface area contributed by atoms with Crippen molar-refractivity contribution in [1.29, 1.82) is 0 Å². The summed E-state index contributed by atoms with van der Waals surface area (Å²) in [6, 6.07) is 6.67. The summed E-state index contributed by atoms with van der Waals surface area (Å²) in [6.45, 7) is 6.04. The number of carbonyl (C=O) groups is 2. The van der Waals surface area contributed by atoms with Gasteiger partial charge in [0, 0.05) is 38.1 Å². The molecule has 0 unspecified atom stereocenters. The number of halogens is 1. The predicted molar refractivity (Wildman–Crippen MR) is 115 cm³/mol. The maximum atomic E-state index is 13.6. The molecule has 2 aliphatic rings. The summed E-state index contributed by atoms with van der Waals surface area (Å²) in [5.74, 6) is 0.199. The Morgan fingerprint density at radius 1 is 1.19 bits per heavy atom. The lowest BCUT2D eigenvalue weighted by atomic mass is 9.75. The van der Waals surface area contributed by atoms with E-state index < -0.39 is 5.41 Å². The van der Waals surface area contributed by atoms with Crippen LogP contribution in [0.3, 0.4) is 0 Å². The number of piperidine rings is 1. The second kappa shape index (κ2) is 8.73. The van der Waals surface area contributed by atoms with E-state index in [9.17, 15) is 14.0 Å². The monoisotopic (exact) mass is 424 g/mol. The van der Waals surface area contributed by atoms with E-state index in [0.29, 0.717) is 44.1 Å². The Morgan fingerprint density at radius 3 is 2.52 bits per heavy atom. The van der Waals surface area contributed by atoms with Crippen LogP contribution in [0.25, 0.3) is 0 Å². The maximum absolute atomic E-state index is 13.6. The van der Waals surface area contributed by atoms with Gasteiger partial charge in [0.15, 0.2) is 0 Å². The molecule has 2 aromatic rings. The molecular weight excluding hydrogens is 395 g/mol. The lowest BCUT2D eigenvalue weighted by molar-refractivity contribution is -0.139. The standard InChI is InChI=1S/C24H29FN4O2/c1-17(2)16-29-20(13-18-3-5-19(25)6-4-18)14-24(23(29)31)7-11-28(12-8-24)22(30)21-15-26-9-10-27-21/h3-6,9-10,15,17,20H,7-8,11-14,16H2,1-2H3/t20-/m1/s1. The van der Waals surface area contributed by atoms with Gasteiger partial charge < -0.3 is 9.80 Å². The third-order valence-electron chi connectivity index (χ3n) is 6.52. The van der Waals surface area contributed by atoms with Gasteiger partial charge >= 0.3 is 0 Å². The van der Waals surface area contributed by atoms with E-state index in [2.05, 4.69) is 23.8 Å². The van der Waals surface area contributed by atoms with Crippen LogP contribution in [0.4, 0.5) is 4.39 Å². The van der Waals surface area contributed by atoms with Crippen molar-refractivity contribution in [3.63, 3.8) is 0 Å². The molecular formula is C24H29FN4O2. The molecule has 0 saturated carbocycles. The van der Waals surface area contributed by atoms with Crippen molar-refractivity contribution in [2.45, 2.75) is 45.6 Å². The summed E-state index contributed by atoms with van der Waals surface area (Å²) in [7, 11) is 0. The van der Waals surface area contributed by atoms with Crippen LogP contribution in [0.2, 0.25) is 0 Å². The summed E-state index contributed by atoms with van der Waals surface area (Å²) < 4.78 is 13.3. The minimum Gasteiger partial charge on any atom is -0.339 e. The first-order chi connectivity index (χ1) is 14.9. The average molecular weight is 425 g/mol. The Balaban J connectivity index is 1.48. The molecule has 0 radical (unpaired) electrons. The van der Waals surface area contributed by atoms with E-state index in [1.807, 2.05) is 4.90 Å². The van der Waals surface area contributed by atoms with Crippen LogP contribution in [-0.2, 0) is 11.2 Å². The number of benzene rings is 1. The first kappa shape index (κ1) is 21.4. The molecule has 2 amide bonds. The maximum Gasteiger partial charge on any atom is 0.274 e. The number of amides is 2. The fraction of sp³-hybridized carbons (Fsp3) is 0.500. The molecule has 0 bridgehead atoms. The highest BCUT2D eigenvalue weighted by Gasteiger charge is 2.52. The second-order valence-corrected chi connectivity index (χ2v) is 9.20. The van der Waals surface area contributed by atoms with Crippen LogP contribution in [-0.4, -0.2) is 57.3 Å². The molecule has 3 heterocycles. The van der Waals surface area contributed by atoms with Crippen LogP contribution in [0.5, 0.6) is 0 Å². The van der Waals surface area contributed by atoms with Gasteiger partial charge in [-0.15, -0.1) is 0 Å². The van der Waals surface area contributed by atoms with Gasteiger partial charge in [-0.2, -0.15) is 0 Å². The van der Waals surface area contributed by atoms with Crippen molar-refractivity contribution in [3.8, 4) is 0 Å². The van der Waals surface area contributed by atoms with E-state index in [-0.39, 0.29) is 23.7 Å². The Labute approximate surface area is 182 Å². The van der Waals surface area contributed by atoms with Crippen LogP contribution in [0.15, 0.2) is 42.9 Å². The molecule has 1 atom stereocenters. The molecule has 0 aliphatic carbocycles. The second-order valence-electron chi connectivity index (χ2n) is 9.20. The summed E-state index contributed by atoms with van der Waals surface area (Å²) in [4.78, 5) is 38.2. The lowest BCUT2D eigenvalue weighted by Crippen LogP contribution is -2.47. The molecule has 1 aromatic carbocycles. The smallest absolute Gasteiger partial charge is 0.274 e.